The number of azo groups is 1. The van der Waals surface area contributed by atoms with Crippen LogP contribution in [0.5, 0.6) is 0 Å². The first-order valence-corrected chi connectivity index (χ1v) is 8.14. The van der Waals surface area contributed by atoms with Crippen LogP contribution in [0.2, 0.25) is 0 Å². The SMILES string of the molecule is CN(C)c1cccc2c(N=Nc3cc4n[nH]nc4cc3[N+](=O)[O-])cccc12. The van der Waals surface area contributed by atoms with Crippen LogP contribution in [0, 0.1) is 10.1 Å². The van der Waals surface area contributed by atoms with E-state index < -0.39 is 4.92 Å². The highest BCUT2D eigenvalue weighted by Gasteiger charge is 2.17. The van der Waals surface area contributed by atoms with E-state index in [9.17, 15) is 10.1 Å². The summed E-state index contributed by atoms with van der Waals surface area (Å²) < 4.78 is 0. The molecule has 0 radical (unpaired) electrons. The Balaban J connectivity index is 1.84. The molecule has 0 unspecified atom stereocenters. The Kier molecular flexibility index (Phi) is 3.96. The second-order valence-corrected chi connectivity index (χ2v) is 6.15. The number of aromatic amines is 1. The maximum atomic E-state index is 11.4. The van der Waals surface area contributed by atoms with Crippen molar-refractivity contribution in [2.45, 2.75) is 0 Å². The van der Waals surface area contributed by atoms with E-state index in [0.717, 1.165) is 16.5 Å². The summed E-state index contributed by atoms with van der Waals surface area (Å²) in [6, 6.07) is 14.5. The molecule has 0 spiro atoms. The van der Waals surface area contributed by atoms with Crippen molar-refractivity contribution in [1.29, 1.82) is 0 Å². The third-order valence-electron chi connectivity index (χ3n) is 4.23. The van der Waals surface area contributed by atoms with Gasteiger partial charge >= 0.3 is 0 Å². The summed E-state index contributed by atoms with van der Waals surface area (Å²) in [7, 11) is 3.94. The largest absolute Gasteiger partial charge is 0.377 e. The lowest BCUT2D eigenvalue weighted by Gasteiger charge is -2.15. The number of nitrogens with one attached hydrogen (secondary N) is 1. The maximum absolute atomic E-state index is 11.4. The topological polar surface area (TPSA) is 113 Å². The van der Waals surface area contributed by atoms with Crippen LogP contribution in [-0.2, 0) is 0 Å². The van der Waals surface area contributed by atoms with Crippen molar-refractivity contribution in [2.75, 3.05) is 19.0 Å². The van der Waals surface area contributed by atoms with Gasteiger partial charge < -0.3 is 4.90 Å². The van der Waals surface area contributed by atoms with Crippen molar-refractivity contribution < 1.29 is 4.92 Å². The smallest absolute Gasteiger partial charge is 0.299 e. The minimum absolute atomic E-state index is 0.127. The quantitative estimate of drug-likeness (QED) is 0.327. The van der Waals surface area contributed by atoms with Gasteiger partial charge in [0.25, 0.3) is 5.69 Å². The van der Waals surface area contributed by atoms with Crippen LogP contribution >= 0.6 is 0 Å². The van der Waals surface area contributed by atoms with Crippen molar-refractivity contribution in [1.82, 2.24) is 15.4 Å². The molecule has 0 saturated heterocycles. The lowest BCUT2D eigenvalue weighted by Crippen LogP contribution is -2.08. The van der Waals surface area contributed by atoms with E-state index in [1.807, 2.05) is 55.4 Å². The van der Waals surface area contributed by atoms with E-state index in [1.54, 1.807) is 0 Å². The molecule has 1 aromatic heterocycles. The molecule has 27 heavy (non-hydrogen) atoms. The Bertz CT molecular complexity index is 1200. The Morgan fingerprint density at radius 1 is 0.963 bits per heavy atom. The maximum Gasteiger partial charge on any atom is 0.299 e. The first-order valence-electron chi connectivity index (χ1n) is 8.14. The van der Waals surface area contributed by atoms with Gasteiger partial charge in [-0.1, -0.05) is 24.3 Å². The van der Waals surface area contributed by atoms with Crippen LogP contribution in [-0.4, -0.2) is 34.4 Å². The predicted molar refractivity (Wildman–Crippen MR) is 103 cm³/mol. The fraction of sp³-hybridized carbons (Fsp3) is 0.111. The zero-order valence-electron chi connectivity index (χ0n) is 14.6. The monoisotopic (exact) mass is 361 g/mol. The minimum Gasteiger partial charge on any atom is -0.377 e. The average molecular weight is 361 g/mol. The number of nitro groups is 1. The zero-order chi connectivity index (χ0) is 19.0. The van der Waals surface area contributed by atoms with Gasteiger partial charge in [0.15, 0.2) is 5.69 Å². The number of nitrogens with zero attached hydrogens (tertiary/aromatic N) is 6. The van der Waals surface area contributed by atoms with E-state index in [1.165, 1.54) is 12.1 Å². The fourth-order valence-corrected chi connectivity index (χ4v) is 2.95. The molecule has 4 rings (SSSR count). The third-order valence-corrected chi connectivity index (χ3v) is 4.23. The number of aromatic nitrogens is 3. The van der Waals surface area contributed by atoms with Crippen molar-refractivity contribution in [3.05, 3.63) is 58.6 Å². The molecule has 1 N–H and O–H groups in total. The highest BCUT2D eigenvalue weighted by molar-refractivity contribution is 6.00. The molecule has 0 atom stereocenters. The van der Waals surface area contributed by atoms with Crippen LogP contribution < -0.4 is 4.90 Å². The summed E-state index contributed by atoms with van der Waals surface area (Å²) in [4.78, 5) is 12.9. The van der Waals surface area contributed by atoms with Crippen LogP contribution in [0.1, 0.15) is 0 Å². The average Bonchev–Trinajstić information content (AvgIpc) is 3.12. The van der Waals surface area contributed by atoms with Gasteiger partial charge in [-0.15, -0.1) is 10.2 Å². The van der Waals surface area contributed by atoms with Crippen LogP contribution in [0.4, 0.5) is 22.7 Å². The molecule has 0 amide bonds. The summed E-state index contributed by atoms with van der Waals surface area (Å²) in [5.74, 6) is 0. The Morgan fingerprint density at radius 2 is 1.63 bits per heavy atom. The Morgan fingerprint density at radius 3 is 2.37 bits per heavy atom. The van der Waals surface area contributed by atoms with Gasteiger partial charge in [-0.05, 0) is 12.1 Å². The second kappa shape index (κ2) is 6.45. The molecule has 3 aromatic carbocycles. The zero-order valence-corrected chi connectivity index (χ0v) is 14.6. The first kappa shape index (κ1) is 16.6. The van der Waals surface area contributed by atoms with Crippen molar-refractivity contribution in [2.24, 2.45) is 10.2 Å². The van der Waals surface area contributed by atoms with E-state index in [2.05, 4.69) is 25.6 Å². The van der Waals surface area contributed by atoms with Crippen molar-refractivity contribution in [3.63, 3.8) is 0 Å². The van der Waals surface area contributed by atoms with Gasteiger partial charge in [0.2, 0.25) is 0 Å². The van der Waals surface area contributed by atoms with Gasteiger partial charge in [-0.2, -0.15) is 15.4 Å². The molecule has 0 fully saturated rings. The van der Waals surface area contributed by atoms with Crippen LogP contribution in [0.3, 0.4) is 0 Å². The molecule has 9 nitrogen and oxygen atoms in total. The third kappa shape index (κ3) is 2.95. The molecule has 0 aliphatic heterocycles. The van der Waals surface area contributed by atoms with Crippen LogP contribution in [0.25, 0.3) is 21.8 Å². The Hall–Kier alpha value is -3.88. The summed E-state index contributed by atoms with van der Waals surface area (Å²) in [6.45, 7) is 0. The molecule has 0 aliphatic rings. The number of nitro benzene ring substituents is 1. The molecular weight excluding hydrogens is 346 g/mol. The highest BCUT2D eigenvalue weighted by Crippen LogP contribution is 2.35. The van der Waals surface area contributed by atoms with Crippen molar-refractivity contribution >= 4 is 44.6 Å². The lowest BCUT2D eigenvalue weighted by molar-refractivity contribution is -0.384. The number of anilines is 1. The summed E-state index contributed by atoms with van der Waals surface area (Å²) in [6.07, 6.45) is 0. The number of fused-ring (bicyclic) bond motifs is 2. The molecule has 0 aliphatic carbocycles. The molecule has 9 heteroatoms. The lowest BCUT2D eigenvalue weighted by atomic mass is 10.1. The molecule has 1 heterocycles. The van der Waals surface area contributed by atoms with Gasteiger partial charge in [-0.25, -0.2) is 0 Å². The van der Waals surface area contributed by atoms with Gasteiger partial charge in [0.1, 0.15) is 11.0 Å². The van der Waals surface area contributed by atoms with Gasteiger partial charge in [0.05, 0.1) is 10.6 Å². The number of hydrogen-bond donors (Lipinski definition) is 1. The van der Waals surface area contributed by atoms with E-state index in [-0.39, 0.29) is 11.4 Å². The van der Waals surface area contributed by atoms with Gasteiger partial charge in [-0.3, -0.25) is 10.1 Å². The number of rotatable bonds is 4. The highest BCUT2D eigenvalue weighted by atomic mass is 16.6. The van der Waals surface area contributed by atoms with E-state index in [4.69, 9.17) is 0 Å². The van der Waals surface area contributed by atoms with Crippen molar-refractivity contribution in [3.8, 4) is 0 Å². The second-order valence-electron chi connectivity index (χ2n) is 6.15. The summed E-state index contributed by atoms with van der Waals surface area (Å²) in [5, 5.41) is 32.0. The molecule has 4 aromatic rings. The number of benzene rings is 3. The molecule has 0 saturated carbocycles. The molecule has 134 valence electrons. The molecule has 0 bridgehead atoms. The summed E-state index contributed by atoms with van der Waals surface area (Å²) in [5.41, 5.74) is 2.53. The fourth-order valence-electron chi connectivity index (χ4n) is 2.95. The summed E-state index contributed by atoms with van der Waals surface area (Å²) >= 11 is 0. The number of H-pyrrole nitrogens is 1. The Labute approximate surface area is 153 Å². The predicted octanol–water partition coefficient (Wildman–Crippen LogP) is 4.50. The van der Waals surface area contributed by atoms with Crippen LogP contribution in [0.15, 0.2) is 58.8 Å². The minimum atomic E-state index is -0.504. The molecular formula is C18H15N7O2. The number of hydrogen-bond acceptors (Lipinski definition) is 7. The van der Waals surface area contributed by atoms with E-state index >= 15 is 0 Å². The van der Waals surface area contributed by atoms with Gasteiger partial charge in [0, 0.05) is 42.7 Å². The van der Waals surface area contributed by atoms with E-state index in [0.29, 0.717) is 16.7 Å². The first-order chi connectivity index (χ1) is 13.0. The normalized spacial score (nSPS) is 11.5. The standard InChI is InChI=1S/C18H15N7O2/c1-24(2)17-8-4-5-11-12(17)6-3-7-13(11)19-20-16-9-14-15(22-23-21-14)10-18(16)25(26)27/h3-10H,1-2H3,(H,21,22,23).